The van der Waals surface area contributed by atoms with Crippen molar-refractivity contribution in [2.24, 2.45) is 0 Å². The van der Waals surface area contributed by atoms with Gasteiger partial charge in [0.1, 0.15) is 41.1 Å². The second kappa shape index (κ2) is 17.6. The van der Waals surface area contributed by atoms with Crippen LogP contribution in [0.4, 0.5) is 18.4 Å². The number of β-amino-alcohol motifs (C(OH)–C–C–N with tert-alkyl or cyclic N) is 2. The van der Waals surface area contributed by atoms with Crippen LogP contribution in [0.2, 0.25) is 0 Å². The molecule has 0 aliphatic carbocycles. The van der Waals surface area contributed by atoms with Crippen LogP contribution in [0.1, 0.15) is 22.3 Å². The van der Waals surface area contributed by atoms with Crippen LogP contribution >= 0.6 is 22.7 Å². The quantitative estimate of drug-likeness (QED) is 0.0901. The molecule has 0 unspecified atom stereocenters. The molecule has 58 heavy (non-hydrogen) atoms. The number of hydrogen-bond donors (Lipinski definition) is 6. The molecule has 2 fully saturated rings. The first-order valence-electron chi connectivity index (χ1n) is 18.8. The molecule has 8 rings (SSSR count). The second-order valence-electron chi connectivity index (χ2n) is 14.3. The molecule has 4 aromatic carbocycles. The minimum absolute atomic E-state index is 0.0267. The van der Waals surface area contributed by atoms with Crippen molar-refractivity contribution in [2.75, 3.05) is 13.1 Å². The molecule has 6 atom stereocenters. The number of hydrogen-bond acceptors (Lipinski definition) is 12. The Balaban J connectivity index is 0.824. The van der Waals surface area contributed by atoms with Crippen molar-refractivity contribution in [1.82, 2.24) is 31.2 Å². The molecule has 2 aliphatic rings. The van der Waals surface area contributed by atoms with Gasteiger partial charge in [-0.1, -0.05) is 48.5 Å². The number of halogens is 2. The number of thiazole rings is 2. The van der Waals surface area contributed by atoms with E-state index in [0.717, 1.165) is 31.8 Å². The molecule has 16 heteroatoms. The number of amides is 2. The van der Waals surface area contributed by atoms with Crippen molar-refractivity contribution in [2.45, 2.75) is 62.4 Å². The summed E-state index contributed by atoms with van der Waals surface area (Å²) in [5.74, 6) is -0.883. The largest absolute Gasteiger partial charge is 0.442 e. The molecule has 2 aliphatic heterocycles. The summed E-state index contributed by atoms with van der Waals surface area (Å²) in [4.78, 5) is 35.0. The zero-order chi connectivity index (χ0) is 40.2. The molecule has 0 bridgehead atoms. The summed E-state index contributed by atoms with van der Waals surface area (Å²) in [6.45, 7) is 0.681. The number of ether oxygens (including phenoxy) is 2. The summed E-state index contributed by atoms with van der Waals surface area (Å²) in [5, 5.41) is 33.3. The molecule has 6 N–H and O–H groups in total. The van der Waals surface area contributed by atoms with Gasteiger partial charge in [0.05, 0.1) is 32.7 Å². The second-order valence-corrected chi connectivity index (χ2v) is 16.3. The van der Waals surface area contributed by atoms with Gasteiger partial charge in [-0.05, 0) is 77.1 Å². The first-order valence-corrected chi connectivity index (χ1v) is 20.5. The van der Waals surface area contributed by atoms with Gasteiger partial charge in [-0.15, -0.1) is 22.7 Å². The predicted molar refractivity (Wildman–Crippen MR) is 216 cm³/mol. The van der Waals surface area contributed by atoms with Crippen molar-refractivity contribution in [3.8, 4) is 21.0 Å². The lowest BCUT2D eigenvalue weighted by molar-refractivity contribution is 0.0187. The van der Waals surface area contributed by atoms with Gasteiger partial charge < -0.3 is 41.0 Å². The molecule has 2 saturated heterocycles. The Kier molecular flexibility index (Phi) is 12.0. The Hall–Kier alpha value is -5.36. The van der Waals surface area contributed by atoms with Crippen molar-refractivity contribution < 1.29 is 38.1 Å². The average molecular weight is 827 g/mol. The van der Waals surface area contributed by atoms with Gasteiger partial charge in [-0.3, -0.25) is 0 Å². The zero-order valence-electron chi connectivity index (χ0n) is 30.9. The lowest BCUT2D eigenvalue weighted by Gasteiger charge is -2.22. The third-order valence-corrected chi connectivity index (χ3v) is 12.2. The van der Waals surface area contributed by atoms with Gasteiger partial charge in [-0.2, -0.15) is 0 Å². The summed E-state index contributed by atoms with van der Waals surface area (Å²) in [6, 6.07) is 23.8. The van der Waals surface area contributed by atoms with Crippen LogP contribution in [0, 0.1) is 11.6 Å². The average Bonchev–Trinajstić information content (AvgIpc) is 4.03. The number of carbonyl (C=O) groups is 2. The van der Waals surface area contributed by atoms with Gasteiger partial charge in [0, 0.05) is 37.9 Å². The lowest BCUT2D eigenvalue weighted by Crippen LogP contribution is -2.41. The molecule has 4 heterocycles. The third-order valence-electron chi connectivity index (χ3n) is 10.3. The fourth-order valence-electron chi connectivity index (χ4n) is 7.29. The van der Waals surface area contributed by atoms with Gasteiger partial charge in [0.2, 0.25) is 0 Å². The maximum atomic E-state index is 15.4. The van der Waals surface area contributed by atoms with Crippen molar-refractivity contribution >= 4 is 45.1 Å². The summed E-state index contributed by atoms with van der Waals surface area (Å²) < 4.78 is 41.2. The monoisotopic (exact) mass is 826 g/mol. The van der Waals surface area contributed by atoms with Crippen LogP contribution in [0.25, 0.3) is 31.2 Å². The molecular formula is C42H40F2N6O6S2. The van der Waals surface area contributed by atoms with Crippen LogP contribution < -0.4 is 21.3 Å². The first-order chi connectivity index (χ1) is 28.1. The number of fused-ring (bicyclic) bond motifs is 1. The SMILES string of the molecule is O=C(NCc1cccc(F)c1)O[C@@H]1[C@@H](O)CN[C@@H]1Cc1ccc(-c2cnc(-c3ccc(CNC(=O)O[C@@H]4[C@@H](O)CN[C@@H]4Cc4ccc5scnc5c4)cc3F)s2)cc1. The summed E-state index contributed by atoms with van der Waals surface area (Å²) in [7, 11) is 0. The third kappa shape index (κ3) is 9.33. The molecule has 300 valence electrons. The molecule has 0 spiro atoms. The highest BCUT2D eigenvalue weighted by molar-refractivity contribution is 7.18. The van der Waals surface area contributed by atoms with E-state index in [-0.39, 0.29) is 31.7 Å². The smallest absolute Gasteiger partial charge is 0.407 e. The Morgan fingerprint density at radius 1 is 0.759 bits per heavy atom. The topological polar surface area (TPSA) is 167 Å². The number of rotatable bonds is 12. The number of aliphatic hydroxyl groups excluding tert-OH is 2. The Labute approximate surface area is 340 Å². The number of nitrogens with one attached hydrogen (secondary N) is 4. The van der Waals surface area contributed by atoms with Gasteiger partial charge >= 0.3 is 12.2 Å². The Morgan fingerprint density at radius 3 is 2.07 bits per heavy atom. The lowest BCUT2D eigenvalue weighted by atomic mass is 10.0. The van der Waals surface area contributed by atoms with E-state index in [4.69, 9.17) is 9.47 Å². The van der Waals surface area contributed by atoms with Crippen molar-refractivity contribution in [3.05, 3.63) is 131 Å². The van der Waals surface area contributed by atoms with E-state index in [1.807, 2.05) is 42.5 Å². The van der Waals surface area contributed by atoms with E-state index in [9.17, 15) is 24.2 Å². The van der Waals surface area contributed by atoms with Crippen LogP contribution in [-0.4, -0.2) is 82.0 Å². The van der Waals surface area contributed by atoms with E-state index in [0.29, 0.717) is 41.1 Å². The normalized spacial score (nSPS) is 21.6. The van der Waals surface area contributed by atoms with Crippen LogP contribution in [0.5, 0.6) is 0 Å². The predicted octanol–water partition coefficient (Wildman–Crippen LogP) is 5.71. The molecule has 12 nitrogen and oxygen atoms in total. The van der Waals surface area contributed by atoms with Gasteiger partial charge in [0.15, 0.2) is 0 Å². The molecular weight excluding hydrogens is 787 g/mol. The highest BCUT2D eigenvalue weighted by Gasteiger charge is 2.39. The maximum Gasteiger partial charge on any atom is 0.407 e. The number of aliphatic hydroxyl groups is 2. The Morgan fingerprint density at radius 2 is 1.40 bits per heavy atom. The summed E-state index contributed by atoms with van der Waals surface area (Å²) in [6.07, 6.45) is -1.97. The first kappa shape index (κ1) is 39.5. The molecule has 6 aromatic rings. The molecule has 2 amide bonds. The molecule has 2 aromatic heterocycles. The van der Waals surface area contributed by atoms with Crippen LogP contribution in [0.3, 0.4) is 0 Å². The number of nitrogens with zero attached hydrogens (tertiary/aromatic N) is 2. The van der Waals surface area contributed by atoms with Crippen LogP contribution in [-0.2, 0) is 35.4 Å². The number of carbonyl (C=O) groups excluding carboxylic acids is 2. The maximum absolute atomic E-state index is 15.4. The minimum Gasteiger partial charge on any atom is -0.442 e. The molecule has 0 saturated carbocycles. The van der Waals surface area contributed by atoms with E-state index in [2.05, 4.69) is 31.2 Å². The fraction of sp³-hybridized carbons (Fsp3) is 0.286. The summed E-state index contributed by atoms with van der Waals surface area (Å²) >= 11 is 2.91. The van der Waals surface area contributed by atoms with E-state index in [1.165, 1.54) is 29.5 Å². The van der Waals surface area contributed by atoms with E-state index >= 15 is 4.39 Å². The van der Waals surface area contributed by atoms with Crippen molar-refractivity contribution in [1.29, 1.82) is 0 Å². The number of aromatic nitrogens is 2. The highest BCUT2D eigenvalue weighted by atomic mass is 32.1. The van der Waals surface area contributed by atoms with Gasteiger partial charge in [0.25, 0.3) is 0 Å². The summed E-state index contributed by atoms with van der Waals surface area (Å²) in [5.41, 5.74) is 7.01. The zero-order valence-corrected chi connectivity index (χ0v) is 32.6. The fourth-order valence-corrected chi connectivity index (χ4v) is 8.89. The standard InChI is InChI=1S/C42H40F2N6O6S2/c43-28-3-1-2-25(12-28)17-48-41(53)55-38-32(45-19-34(38)51)14-23-4-8-27(9-5-23)37-21-47-40(58-37)29-10-6-26(13-30(29)44)18-49-42(54)56-39-33(46-20-35(39)52)16-24-7-11-36-31(15-24)50-22-57-36/h1-13,15,21-22,32-35,38-39,45-46,51-52H,14,16-20H2,(H,48,53)(H,49,54)/t32-,33-,34+,35+,38+,39+/m1/s1. The van der Waals surface area contributed by atoms with Gasteiger partial charge in [-0.25, -0.2) is 28.3 Å². The van der Waals surface area contributed by atoms with Crippen molar-refractivity contribution in [3.63, 3.8) is 0 Å². The minimum atomic E-state index is -0.883. The number of benzene rings is 4. The van der Waals surface area contributed by atoms with Crippen LogP contribution in [0.15, 0.2) is 96.6 Å². The van der Waals surface area contributed by atoms with E-state index in [1.54, 1.807) is 47.3 Å². The number of alkyl carbamates (subject to hydrolysis) is 2. The Bertz CT molecular complexity index is 2400. The highest BCUT2D eigenvalue weighted by Crippen LogP contribution is 2.34. The van der Waals surface area contributed by atoms with E-state index < -0.39 is 48.2 Å². The molecule has 0 radical (unpaired) electrons.